The number of ether oxygens (including phenoxy) is 1. The molecule has 5 heteroatoms. The summed E-state index contributed by atoms with van der Waals surface area (Å²) in [5.74, 6) is 0.0886. The minimum Gasteiger partial charge on any atom is -0.379 e. The van der Waals surface area contributed by atoms with Crippen molar-refractivity contribution in [2.75, 3.05) is 20.2 Å². The Morgan fingerprint density at radius 3 is 2.55 bits per heavy atom. The summed E-state index contributed by atoms with van der Waals surface area (Å²) < 4.78 is 5.40. The fourth-order valence-corrected chi connectivity index (χ4v) is 3.16. The van der Waals surface area contributed by atoms with Crippen LogP contribution in [-0.4, -0.2) is 49.1 Å². The van der Waals surface area contributed by atoms with Gasteiger partial charge in [0.15, 0.2) is 0 Å². The number of rotatable bonds is 4. The number of carbonyl (C=O) groups excluding carboxylic acids is 2. The van der Waals surface area contributed by atoms with E-state index in [0.717, 1.165) is 32.1 Å². The number of likely N-dealkylation sites (tertiary alicyclic amines) is 1. The Balaban J connectivity index is 1.80. The van der Waals surface area contributed by atoms with Gasteiger partial charge in [-0.15, -0.1) is 0 Å². The summed E-state index contributed by atoms with van der Waals surface area (Å²) in [6, 6.07) is 0.153. The molecule has 0 spiro atoms. The van der Waals surface area contributed by atoms with Gasteiger partial charge in [-0.1, -0.05) is 6.58 Å². The summed E-state index contributed by atoms with van der Waals surface area (Å²) in [5.41, 5.74) is 0. The Kier molecular flexibility index (Phi) is 5.17. The van der Waals surface area contributed by atoms with Crippen molar-refractivity contribution in [2.45, 2.75) is 44.2 Å². The topological polar surface area (TPSA) is 58.6 Å². The number of amides is 2. The second-order valence-corrected chi connectivity index (χ2v) is 5.62. The van der Waals surface area contributed by atoms with Crippen LogP contribution in [0.5, 0.6) is 0 Å². The van der Waals surface area contributed by atoms with Crippen molar-refractivity contribution < 1.29 is 14.3 Å². The quantitative estimate of drug-likeness (QED) is 0.784. The Bertz CT molecular complexity index is 375. The van der Waals surface area contributed by atoms with Crippen molar-refractivity contribution in [1.82, 2.24) is 10.2 Å². The maximum Gasteiger partial charge on any atom is 0.245 e. The molecule has 2 atom stereocenters. The van der Waals surface area contributed by atoms with E-state index in [1.54, 1.807) is 12.0 Å². The zero-order valence-electron chi connectivity index (χ0n) is 12.1. The second kappa shape index (κ2) is 6.88. The van der Waals surface area contributed by atoms with Gasteiger partial charge in [0.2, 0.25) is 11.8 Å². The highest BCUT2D eigenvalue weighted by molar-refractivity contribution is 5.87. The number of hydrogen-bond acceptors (Lipinski definition) is 3. The third kappa shape index (κ3) is 3.39. The molecule has 1 aliphatic heterocycles. The van der Waals surface area contributed by atoms with E-state index in [1.807, 2.05) is 0 Å². The molecule has 2 fully saturated rings. The first-order valence-electron chi connectivity index (χ1n) is 7.40. The molecular weight excluding hydrogens is 256 g/mol. The number of carbonyl (C=O) groups is 2. The van der Waals surface area contributed by atoms with Gasteiger partial charge in [-0.3, -0.25) is 9.59 Å². The van der Waals surface area contributed by atoms with E-state index in [1.165, 1.54) is 6.08 Å². The molecule has 0 unspecified atom stereocenters. The lowest BCUT2D eigenvalue weighted by molar-refractivity contribution is -0.132. The number of nitrogens with one attached hydrogen (secondary N) is 1. The molecular formula is C15H24N2O3. The van der Waals surface area contributed by atoms with E-state index in [0.29, 0.717) is 13.1 Å². The van der Waals surface area contributed by atoms with Crippen LogP contribution in [0.2, 0.25) is 0 Å². The monoisotopic (exact) mass is 280 g/mol. The van der Waals surface area contributed by atoms with Gasteiger partial charge in [0.05, 0.1) is 12.1 Å². The largest absolute Gasteiger partial charge is 0.379 e. The van der Waals surface area contributed by atoms with Crippen LogP contribution in [0.4, 0.5) is 0 Å². The first kappa shape index (κ1) is 15.0. The van der Waals surface area contributed by atoms with Crippen molar-refractivity contribution in [3.63, 3.8) is 0 Å². The van der Waals surface area contributed by atoms with Gasteiger partial charge in [-0.25, -0.2) is 0 Å². The van der Waals surface area contributed by atoms with E-state index >= 15 is 0 Å². The van der Waals surface area contributed by atoms with Crippen molar-refractivity contribution in [2.24, 2.45) is 5.92 Å². The normalized spacial score (nSPS) is 27.4. The van der Waals surface area contributed by atoms with Gasteiger partial charge >= 0.3 is 0 Å². The average molecular weight is 280 g/mol. The molecule has 1 aliphatic carbocycles. The molecule has 5 nitrogen and oxygen atoms in total. The van der Waals surface area contributed by atoms with Gasteiger partial charge in [-0.2, -0.15) is 0 Å². The summed E-state index contributed by atoms with van der Waals surface area (Å²) >= 11 is 0. The van der Waals surface area contributed by atoms with Gasteiger partial charge in [0.1, 0.15) is 0 Å². The van der Waals surface area contributed by atoms with Crippen LogP contribution in [0.25, 0.3) is 0 Å². The average Bonchev–Trinajstić information content (AvgIpc) is 2.93. The highest BCUT2D eigenvalue weighted by Gasteiger charge is 2.32. The van der Waals surface area contributed by atoms with Crippen molar-refractivity contribution in [3.8, 4) is 0 Å². The van der Waals surface area contributed by atoms with Crippen molar-refractivity contribution >= 4 is 11.8 Å². The summed E-state index contributed by atoms with van der Waals surface area (Å²) in [4.78, 5) is 25.5. The molecule has 2 amide bonds. The zero-order chi connectivity index (χ0) is 14.5. The summed E-state index contributed by atoms with van der Waals surface area (Å²) in [7, 11) is 1.70. The van der Waals surface area contributed by atoms with Gasteiger partial charge in [-0.05, 0) is 38.2 Å². The Hall–Kier alpha value is -1.36. The van der Waals surface area contributed by atoms with Crippen LogP contribution in [0.3, 0.4) is 0 Å². The van der Waals surface area contributed by atoms with E-state index in [9.17, 15) is 9.59 Å². The highest BCUT2D eigenvalue weighted by atomic mass is 16.5. The molecule has 1 heterocycles. The number of piperidine rings is 1. The summed E-state index contributed by atoms with van der Waals surface area (Å²) in [5, 5.41) is 3.12. The fraction of sp³-hybridized carbons (Fsp3) is 0.733. The molecule has 1 N–H and O–H groups in total. The van der Waals surface area contributed by atoms with Crippen molar-refractivity contribution in [3.05, 3.63) is 12.7 Å². The van der Waals surface area contributed by atoms with Crippen molar-refractivity contribution in [1.29, 1.82) is 0 Å². The van der Waals surface area contributed by atoms with E-state index < -0.39 is 0 Å². The third-order valence-electron chi connectivity index (χ3n) is 4.44. The van der Waals surface area contributed by atoms with Crippen LogP contribution in [0.15, 0.2) is 12.7 Å². The molecule has 1 saturated carbocycles. The Morgan fingerprint density at radius 2 is 1.95 bits per heavy atom. The predicted octanol–water partition coefficient (Wildman–Crippen LogP) is 1.09. The Labute approximate surface area is 120 Å². The molecule has 1 saturated heterocycles. The molecule has 20 heavy (non-hydrogen) atoms. The molecule has 112 valence electrons. The number of nitrogens with zero attached hydrogens (tertiary/aromatic N) is 1. The van der Waals surface area contributed by atoms with Gasteiger partial charge in [0, 0.05) is 26.1 Å². The summed E-state index contributed by atoms with van der Waals surface area (Å²) in [6.45, 7) is 4.77. The molecule has 0 aromatic carbocycles. The second-order valence-electron chi connectivity index (χ2n) is 5.62. The van der Waals surface area contributed by atoms with Gasteiger partial charge in [0.25, 0.3) is 0 Å². The van der Waals surface area contributed by atoms with Crippen LogP contribution >= 0.6 is 0 Å². The maximum atomic E-state index is 12.3. The first-order valence-corrected chi connectivity index (χ1v) is 7.40. The van der Waals surface area contributed by atoms with E-state index in [-0.39, 0.29) is 29.9 Å². The SMILES string of the molecule is C=CC(=O)N1CCC(C(=O)N[C@@H]2CCC[C@H]2OC)CC1. The van der Waals surface area contributed by atoms with Crippen LogP contribution < -0.4 is 5.32 Å². The fourth-order valence-electron chi connectivity index (χ4n) is 3.16. The van der Waals surface area contributed by atoms with Gasteiger partial charge < -0.3 is 15.0 Å². The molecule has 0 radical (unpaired) electrons. The lowest BCUT2D eigenvalue weighted by Gasteiger charge is -2.31. The lowest BCUT2D eigenvalue weighted by atomic mass is 9.95. The smallest absolute Gasteiger partial charge is 0.245 e. The maximum absolute atomic E-state index is 12.3. The molecule has 0 aromatic heterocycles. The molecule has 2 rings (SSSR count). The summed E-state index contributed by atoms with van der Waals surface area (Å²) in [6.07, 6.45) is 6.08. The molecule has 0 aromatic rings. The molecule has 2 aliphatic rings. The Morgan fingerprint density at radius 1 is 1.25 bits per heavy atom. The molecule has 0 bridgehead atoms. The minimum absolute atomic E-state index is 0.0157. The van der Waals surface area contributed by atoms with E-state index in [4.69, 9.17) is 4.74 Å². The third-order valence-corrected chi connectivity index (χ3v) is 4.44. The minimum atomic E-state index is -0.0425. The number of methoxy groups -OCH3 is 1. The number of hydrogen-bond donors (Lipinski definition) is 1. The highest BCUT2D eigenvalue weighted by Crippen LogP contribution is 2.23. The van der Waals surface area contributed by atoms with Crippen LogP contribution in [0.1, 0.15) is 32.1 Å². The van der Waals surface area contributed by atoms with Crippen LogP contribution in [-0.2, 0) is 14.3 Å². The lowest BCUT2D eigenvalue weighted by Crippen LogP contribution is -2.47. The zero-order valence-corrected chi connectivity index (χ0v) is 12.1. The standard InChI is InChI=1S/C15H24N2O3/c1-3-14(18)17-9-7-11(8-10-17)15(19)16-12-5-4-6-13(12)20-2/h3,11-13H,1,4-10H2,2H3,(H,16,19)/t12-,13-/m1/s1. The van der Waals surface area contributed by atoms with Crippen LogP contribution in [0, 0.1) is 5.92 Å². The van der Waals surface area contributed by atoms with E-state index in [2.05, 4.69) is 11.9 Å². The first-order chi connectivity index (χ1) is 9.65. The predicted molar refractivity (Wildman–Crippen MR) is 76.1 cm³/mol.